The van der Waals surface area contributed by atoms with Gasteiger partial charge in [-0.1, -0.05) is 66.9 Å². The smallest absolute Gasteiger partial charge is 0.157 e. The first-order valence-corrected chi connectivity index (χ1v) is 11.7. The summed E-state index contributed by atoms with van der Waals surface area (Å²) in [4.78, 5) is 26.0. The molecule has 4 nitrogen and oxygen atoms in total. The van der Waals surface area contributed by atoms with E-state index >= 15 is 0 Å². The molecule has 2 N–H and O–H groups in total. The number of Topliss-reactive ketones (excluding diaryl/α,β-unsaturated/α-hetero) is 2. The molecule has 0 aliphatic heterocycles. The molecular formula is C26H31ClN2O2. The van der Waals surface area contributed by atoms with Gasteiger partial charge in [0.2, 0.25) is 0 Å². The Morgan fingerprint density at radius 2 is 1.55 bits per heavy atom. The molecule has 0 radical (unpaired) electrons. The normalized spacial score (nSPS) is 26.8. The summed E-state index contributed by atoms with van der Waals surface area (Å²) in [5.74, 6) is 0.471. The van der Waals surface area contributed by atoms with Gasteiger partial charge >= 0.3 is 0 Å². The first-order chi connectivity index (χ1) is 15.0. The molecule has 2 saturated carbocycles. The number of benzene rings is 2. The van der Waals surface area contributed by atoms with E-state index in [4.69, 9.17) is 11.6 Å². The van der Waals surface area contributed by atoms with Crippen molar-refractivity contribution < 1.29 is 9.59 Å². The third kappa shape index (κ3) is 4.09. The van der Waals surface area contributed by atoms with Crippen LogP contribution in [0.5, 0.6) is 0 Å². The van der Waals surface area contributed by atoms with Crippen molar-refractivity contribution in [2.45, 2.75) is 69.0 Å². The lowest BCUT2D eigenvalue weighted by Crippen LogP contribution is -2.51. The van der Waals surface area contributed by atoms with Crippen molar-refractivity contribution in [3.05, 3.63) is 70.2 Å². The highest BCUT2D eigenvalue weighted by molar-refractivity contribution is 6.31. The predicted octanol–water partition coefficient (Wildman–Crippen LogP) is 5.03. The van der Waals surface area contributed by atoms with Crippen molar-refractivity contribution in [2.24, 2.45) is 0 Å². The van der Waals surface area contributed by atoms with E-state index in [1.807, 2.05) is 43.4 Å². The summed E-state index contributed by atoms with van der Waals surface area (Å²) in [5, 5.41) is 7.54. The Labute approximate surface area is 189 Å². The van der Waals surface area contributed by atoms with Crippen LogP contribution >= 0.6 is 11.6 Å². The fourth-order valence-electron chi connectivity index (χ4n) is 5.35. The highest BCUT2D eigenvalue weighted by Crippen LogP contribution is 2.39. The van der Waals surface area contributed by atoms with Crippen LogP contribution in [0.3, 0.4) is 0 Å². The molecule has 2 aromatic carbocycles. The molecule has 0 bridgehead atoms. The molecule has 0 spiro atoms. The van der Waals surface area contributed by atoms with Crippen LogP contribution in [-0.2, 0) is 27.2 Å². The fourth-order valence-corrected chi connectivity index (χ4v) is 5.64. The number of hydrogen-bond donors (Lipinski definition) is 2. The highest BCUT2D eigenvalue weighted by atomic mass is 35.5. The van der Waals surface area contributed by atoms with Crippen molar-refractivity contribution in [1.29, 1.82) is 0 Å². The number of halogens is 1. The quantitative estimate of drug-likeness (QED) is 0.664. The SMILES string of the molecule is CN[C@@]1(c2cccc(CNC3(c4ccccc4Cl)CCCCC3=O)c2)CCCCC1=O. The minimum atomic E-state index is -0.756. The average Bonchev–Trinajstić information content (AvgIpc) is 2.80. The van der Waals surface area contributed by atoms with Crippen LogP contribution in [0.4, 0.5) is 0 Å². The third-order valence-corrected chi connectivity index (χ3v) is 7.47. The van der Waals surface area contributed by atoms with Crippen molar-refractivity contribution in [2.75, 3.05) is 7.05 Å². The van der Waals surface area contributed by atoms with Gasteiger partial charge in [-0.15, -0.1) is 0 Å². The number of likely N-dealkylation sites (N-methyl/N-ethyl adjacent to an activating group) is 1. The van der Waals surface area contributed by atoms with Crippen LogP contribution in [0.25, 0.3) is 0 Å². The van der Waals surface area contributed by atoms with Crippen LogP contribution in [-0.4, -0.2) is 18.6 Å². The molecule has 5 heteroatoms. The summed E-state index contributed by atoms with van der Waals surface area (Å²) >= 11 is 6.54. The van der Waals surface area contributed by atoms with E-state index in [2.05, 4.69) is 22.8 Å². The molecule has 2 aliphatic rings. The maximum Gasteiger partial charge on any atom is 0.157 e. The van der Waals surface area contributed by atoms with E-state index in [0.717, 1.165) is 55.2 Å². The summed E-state index contributed by atoms with van der Waals surface area (Å²) < 4.78 is 0. The zero-order valence-corrected chi connectivity index (χ0v) is 18.9. The van der Waals surface area contributed by atoms with E-state index in [0.29, 0.717) is 24.4 Å². The number of rotatable bonds is 6. The molecule has 4 rings (SSSR count). The van der Waals surface area contributed by atoms with E-state index in [1.54, 1.807) is 0 Å². The van der Waals surface area contributed by atoms with Gasteiger partial charge in [0.25, 0.3) is 0 Å². The predicted molar refractivity (Wildman–Crippen MR) is 124 cm³/mol. The van der Waals surface area contributed by atoms with E-state index in [-0.39, 0.29) is 11.6 Å². The molecule has 2 atom stereocenters. The van der Waals surface area contributed by atoms with Gasteiger partial charge in [0.15, 0.2) is 11.6 Å². The van der Waals surface area contributed by atoms with Crippen LogP contribution in [0.2, 0.25) is 5.02 Å². The molecule has 2 fully saturated rings. The van der Waals surface area contributed by atoms with Gasteiger partial charge in [-0.2, -0.15) is 0 Å². The van der Waals surface area contributed by atoms with Gasteiger partial charge in [-0.05, 0) is 55.5 Å². The summed E-state index contributed by atoms with van der Waals surface area (Å²) in [6.07, 6.45) is 6.67. The molecule has 2 aliphatic carbocycles. The van der Waals surface area contributed by atoms with Crippen LogP contribution in [0.1, 0.15) is 68.1 Å². The highest BCUT2D eigenvalue weighted by Gasteiger charge is 2.43. The Kier molecular flexibility index (Phi) is 6.61. The van der Waals surface area contributed by atoms with Crippen molar-refractivity contribution in [1.82, 2.24) is 10.6 Å². The van der Waals surface area contributed by atoms with Gasteiger partial charge in [0.1, 0.15) is 11.1 Å². The zero-order valence-electron chi connectivity index (χ0n) is 18.2. The lowest BCUT2D eigenvalue weighted by molar-refractivity contribution is -0.128. The monoisotopic (exact) mass is 438 g/mol. The molecule has 2 aromatic rings. The van der Waals surface area contributed by atoms with Gasteiger partial charge < -0.3 is 5.32 Å². The largest absolute Gasteiger partial charge is 0.304 e. The second kappa shape index (κ2) is 9.23. The lowest BCUT2D eigenvalue weighted by Gasteiger charge is -2.38. The molecule has 0 amide bonds. The Hall–Kier alpha value is -2.01. The number of carbonyl (C=O) groups is 2. The first-order valence-electron chi connectivity index (χ1n) is 11.4. The number of nitrogens with one attached hydrogen (secondary N) is 2. The van der Waals surface area contributed by atoms with Gasteiger partial charge in [0.05, 0.1) is 0 Å². The minimum Gasteiger partial charge on any atom is -0.304 e. The van der Waals surface area contributed by atoms with Gasteiger partial charge in [-0.25, -0.2) is 0 Å². The molecule has 0 heterocycles. The van der Waals surface area contributed by atoms with E-state index < -0.39 is 11.1 Å². The first kappa shape index (κ1) is 22.2. The zero-order chi connectivity index (χ0) is 21.9. The number of ketones is 2. The Morgan fingerprint density at radius 1 is 0.871 bits per heavy atom. The van der Waals surface area contributed by atoms with Crippen molar-refractivity contribution in [3.63, 3.8) is 0 Å². The molecule has 1 unspecified atom stereocenters. The standard InChI is InChI=1S/C26H31ClN2O2/c1-28-25(15-6-4-13-23(25)30)20-10-8-9-19(17-20)18-29-26(16-7-5-14-24(26)31)21-11-2-3-12-22(21)27/h2-3,8-12,17,28-29H,4-7,13-16,18H2,1H3/t25-,26?/m1/s1. The Bertz CT molecular complexity index is 975. The van der Waals surface area contributed by atoms with Crippen molar-refractivity contribution >= 4 is 23.2 Å². The van der Waals surface area contributed by atoms with E-state index in [1.165, 1.54) is 0 Å². The second-order valence-electron chi connectivity index (χ2n) is 8.86. The summed E-state index contributed by atoms with van der Waals surface area (Å²) in [5.41, 5.74) is 1.59. The molecule has 164 valence electrons. The molecule has 31 heavy (non-hydrogen) atoms. The lowest BCUT2D eigenvalue weighted by atomic mass is 9.74. The third-order valence-electron chi connectivity index (χ3n) is 7.14. The van der Waals surface area contributed by atoms with Crippen molar-refractivity contribution in [3.8, 4) is 0 Å². The molecular weight excluding hydrogens is 408 g/mol. The number of carbonyl (C=O) groups excluding carboxylic acids is 2. The molecule has 0 aromatic heterocycles. The Morgan fingerprint density at radius 3 is 2.19 bits per heavy atom. The summed E-state index contributed by atoms with van der Waals surface area (Å²) in [7, 11) is 1.88. The van der Waals surface area contributed by atoms with Crippen LogP contribution in [0, 0.1) is 0 Å². The minimum absolute atomic E-state index is 0.206. The van der Waals surface area contributed by atoms with Gasteiger partial charge in [-0.3, -0.25) is 14.9 Å². The molecule has 0 saturated heterocycles. The van der Waals surface area contributed by atoms with Crippen LogP contribution < -0.4 is 10.6 Å². The summed E-state index contributed by atoms with van der Waals surface area (Å²) in [6, 6.07) is 15.9. The topological polar surface area (TPSA) is 58.2 Å². The maximum atomic E-state index is 13.2. The van der Waals surface area contributed by atoms with Crippen LogP contribution in [0.15, 0.2) is 48.5 Å². The maximum absolute atomic E-state index is 13.2. The fraction of sp³-hybridized carbons (Fsp3) is 0.462. The number of hydrogen-bond acceptors (Lipinski definition) is 4. The average molecular weight is 439 g/mol. The Balaban J connectivity index is 1.63. The van der Waals surface area contributed by atoms with Gasteiger partial charge in [0, 0.05) is 24.4 Å². The van der Waals surface area contributed by atoms with E-state index in [9.17, 15) is 9.59 Å². The second-order valence-corrected chi connectivity index (χ2v) is 9.26. The summed E-state index contributed by atoms with van der Waals surface area (Å²) in [6.45, 7) is 0.540.